The lowest BCUT2D eigenvalue weighted by atomic mass is 9.70. The van der Waals surface area contributed by atoms with E-state index in [4.69, 9.17) is 5.73 Å². The van der Waals surface area contributed by atoms with Crippen LogP contribution in [0.25, 0.3) is 21.6 Å². The molecule has 0 aromatic carbocycles. The van der Waals surface area contributed by atoms with Gasteiger partial charge in [-0.05, 0) is 25.0 Å². The molecule has 142 valence electrons. The van der Waals surface area contributed by atoms with E-state index < -0.39 is 17.7 Å². The molecule has 1 fully saturated rings. The van der Waals surface area contributed by atoms with Gasteiger partial charge >= 0.3 is 6.18 Å². The number of thiophene rings is 1. The maximum Gasteiger partial charge on any atom is 0.392 e. The van der Waals surface area contributed by atoms with Gasteiger partial charge in [0.15, 0.2) is 5.82 Å². The zero-order chi connectivity index (χ0) is 19.4. The quantitative estimate of drug-likeness (QED) is 0.628. The second kappa shape index (κ2) is 6.03. The molecule has 0 bridgehead atoms. The maximum atomic E-state index is 12.7. The molecule has 0 spiro atoms. The fourth-order valence-corrected chi connectivity index (χ4v) is 4.30. The van der Waals surface area contributed by atoms with Gasteiger partial charge in [0, 0.05) is 35.3 Å². The number of fused-ring (bicyclic) bond motifs is 1. The Labute approximate surface area is 156 Å². The summed E-state index contributed by atoms with van der Waals surface area (Å²) >= 11 is 1.19. The van der Waals surface area contributed by atoms with Crippen molar-refractivity contribution >= 4 is 33.1 Å². The number of nitrogen functional groups attached to an aromatic ring is 1. The molecule has 3 aromatic heterocycles. The van der Waals surface area contributed by atoms with Crippen LogP contribution in [0.5, 0.6) is 0 Å². The van der Waals surface area contributed by atoms with E-state index in [1.54, 1.807) is 31.6 Å². The van der Waals surface area contributed by atoms with Gasteiger partial charge in [0.1, 0.15) is 16.2 Å². The third-order valence-corrected chi connectivity index (χ3v) is 6.05. The van der Waals surface area contributed by atoms with E-state index >= 15 is 0 Å². The van der Waals surface area contributed by atoms with Crippen LogP contribution in [0.3, 0.4) is 0 Å². The zero-order valence-corrected chi connectivity index (χ0v) is 15.0. The van der Waals surface area contributed by atoms with Gasteiger partial charge in [-0.2, -0.15) is 13.2 Å². The largest absolute Gasteiger partial charge is 0.392 e. The van der Waals surface area contributed by atoms with E-state index in [-0.39, 0.29) is 12.8 Å². The van der Waals surface area contributed by atoms with E-state index in [0.717, 1.165) is 0 Å². The predicted molar refractivity (Wildman–Crippen MR) is 97.3 cm³/mol. The topological polar surface area (TPSA) is 97.0 Å². The van der Waals surface area contributed by atoms with Crippen LogP contribution in [-0.4, -0.2) is 33.3 Å². The third kappa shape index (κ3) is 3.08. The minimum Gasteiger partial charge on any atom is -0.385 e. The fourth-order valence-electron chi connectivity index (χ4n) is 3.19. The second-order valence-electron chi connectivity index (χ2n) is 6.65. The van der Waals surface area contributed by atoms with Crippen molar-refractivity contribution in [3.63, 3.8) is 0 Å². The number of alkyl halides is 3. The number of hydrogen-bond donors (Lipinski definition) is 3. The first-order chi connectivity index (χ1) is 12.7. The Hall–Kier alpha value is -2.46. The number of rotatable bonds is 3. The average molecular weight is 395 g/mol. The van der Waals surface area contributed by atoms with Crippen LogP contribution in [0.15, 0.2) is 24.5 Å². The van der Waals surface area contributed by atoms with Crippen molar-refractivity contribution in [1.29, 1.82) is 0 Å². The maximum absolute atomic E-state index is 12.7. The molecule has 0 atom stereocenters. The van der Waals surface area contributed by atoms with Crippen LogP contribution >= 0.6 is 11.3 Å². The Morgan fingerprint density at radius 3 is 2.67 bits per heavy atom. The Morgan fingerprint density at radius 2 is 2.00 bits per heavy atom. The van der Waals surface area contributed by atoms with E-state index in [2.05, 4.69) is 20.3 Å². The highest BCUT2D eigenvalue weighted by Crippen LogP contribution is 2.54. The van der Waals surface area contributed by atoms with E-state index in [1.807, 2.05) is 0 Å². The molecular formula is C17H16F3N5OS. The average Bonchev–Trinajstić information content (AvgIpc) is 3.02. The summed E-state index contributed by atoms with van der Waals surface area (Å²) in [5.74, 6) is -0.684. The highest BCUT2D eigenvalue weighted by molar-refractivity contribution is 7.18. The zero-order valence-electron chi connectivity index (χ0n) is 14.2. The van der Waals surface area contributed by atoms with Crippen LogP contribution in [0.4, 0.5) is 24.7 Å². The molecule has 4 N–H and O–H groups in total. The summed E-state index contributed by atoms with van der Waals surface area (Å²) in [6.45, 7) is 0. The first-order valence-corrected chi connectivity index (χ1v) is 9.01. The summed E-state index contributed by atoms with van der Waals surface area (Å²) in [5, 5.41) is 14.1. The summed E-state index contributed by atoms with van der Waals surface area (Å²) in [6.07, 6.45) is -1.77. The molecule has 4 rings (SSSR count). The molecule has 10 heteroatoms. The molecule has 3 heterocycles. The van der Waals surface area contributed by atoms with E-state index in [0.29, 0.717) is 38.0 Å². The lowest BCUT2D eigenvalue weighted by Crippen LogP contribution is -2.46. The minimum atomic E-state index is -4.27. The normalized spacial score (nSPS) is 22.6. The Kier molecular flexibility index (Phi) is 4.00. The number of aromatic nitrogens is 3. The van der Waals surface area contributed by atoms with Crippen molar-refractivity contribution in [2.75, 3.05) is 18.1 Å². The third-order valence-electron chi connectivity index (χ3n) is 4.81. The number of pyridine rings is 1. The van der Waals surface area contributed by atoms with Gasteiger partial charge in [-0.3, -0.25) is 0 Å². The van der Waals surface area contributed by atoms with Gasteiger partial charge < -0.3 is 16.2 Å². The predicted octanol–water partition coefficient (Wildman–Crippen LogP) is 3.54. The van der Waals surface area contributed by atoms with Crippen molar-refractivity contribution in [3.05, 3.63) is 29.4 Å². The molecule has 6 nitrogen and oxygen atoms in total. The van der Waals surface area contributed by atoms with Crippen molar-refractivity contribution in [2.24, 2.45) is 5.92 Å². The lowest BCUT2D eigenvalue weighted by Gasteiger charge is -2.43. The van der Waals surface area contributed by atoms with Gasteiger partial charge in [-0.25, -0.2) is 15.0 Å². The molecule has 0 saturated heterocycles. The monoisotopic (exact) mass is 395 g/mol. The number of aliphatic hydroxyl groups is 1. The number of nitrogens with two attached hydrogens (primary N) is 1. The van der Waals surface area contributed by atoms with Crippen molar-refractivity contribution in [2.45, 2.75) is 24.6 Å². The lowest BCUT2D eigenvalue weighted by molar-refractivity contribution is -0.241. The van der Waals surface area contributed by atoms with Crippen molar-refractivity contribution < 1.29 is 18.3 Å². The summed E-state index contributed by atoms with van der Waals surface area (Å²) in [6, 6.07) is 3.43. The van der Waals surface area contributed by atoms with Gasteiger partial charge in [0.2, 0.25) is 0 Å². The molecule has 0 aliphatic heterocycles. The number of anilines is 2. The first kappa shape index (κ1) is 17.9. The van der Waals surface area contributed by atoms with Gasteiger partial charge in [-0.1, -0.05) is 0 Å². The smallest absolute Gasteiger partial charge is 0.385 e. The van der Waals surface area contributed by atoms with Crippen molar-refractivity contribution in [3.8, 4) is 11.4 Å². The molecule has 0 unspecified atom stereocenters. The fraction of sp³-hybridized carbons (Fsp3) is 0.353. The SMILES string of the molecule is CNc1cc(-c2ncc3cc(C4(O)CC(C(F)(F)F)C4)sc3n2)cnc1N. The van der Waals surface area contributed by atoms with Gasteiger partial charge in [-0.15, -0.1) is 11.3 Å². The summed E-state index contributed by atoms with van der Waals surface area (Å²) in [5.41, 5.74) is 5.61. The van der Waals surface area contributed by atoms with E-state index in [9.17, 15) is 18.3 Å². The molecule has 3 aromatic rings. The number of nitrogens with zero attached hydrogens (tertiary/aromatic N) is 3. The summed E-state index contributed by atoms with van der Waals surface area (Å²) in [4.78, 5) is 14.0. The molecule has 1 saturated carbocycles. The number of nitrogens with one attached hydrogen (secondary N) is 1. The Bertz CT molecular complexity index is 1010. The standard InChI is InChI=1S/C17H16F3N5OS/c1-22-11-2-8(6-23-13(11)21)14-24-7-9-3-12(27-15(9)25-14)16(26)4-10(5-16)17(18,19)20/h2-3,6-7,10,22,26H,4-5H2,1H3,(H2,21,23). The highest BCUT2D eigenvalue weighted by atomic mass is 32.1. The molecule has 0 radical (unpaired) electrons. The van der Waals surface area contributed by atoms with Gasteiger partial charge in [0.25, 0.3) is 0 Å². The van der Waals surface area contributed by atoms with Gasteiger partial charge in [0.05, 0.1) is 11.6 Å². The Morgan fingerprint density at radius 1 is 1.26 bits per heavy atom. The summed E-state index contributed by atoms with van der Waals surface area (Å²) < 4.78 is 38.2. The van der Waals surface area contributed by atoms with Crippen molar-refractivity contribution in [1.82, 2.24) is 15.0 Å². The van der Waals surface area contributed by atoms with Crippen LogP contribution in [0, 0.1) is 5.92 Å². The molecule has 1 aliphatic rings. The minimum absolute atomic E-state index is 0.322. The summed E-state index contributed by atoms with van der Waals surface area (Å²) in [7, 11) is 1.72. The number of halogens is 3. The Balaban J connectivity index is 1.65. The van der Waals surface area contributed by atoms with Crippen LogP contribution < -0.4 is 11.1 Å². The van der Waals surface area contributed by atoms with Crippen LogP contribution in [0.1, 0.15) is 17.7 Å². The molecule has 0 amide bonds. The second-order valence-corrected chi connectivity index (χ2v) is 7.68. The molecular weight excluding hydrogens is 379 g/mol. The van der Waals surface area contributed by atoms with Crippen LogP contribution in [0.2, 0.25) is 0 Å². The van der Waals surface area contributed by atoms with Crippen LogP contribution in [-0.2, 0) is 5.60 Å². The van der Waals surface area contributed by atoms with E-state index in [1.165, 1.54) is 11.3 Å². The molecule has 27 heavy (non-hydrogen) atoms. The number of hydrogen-bond acceptors (Lipinski definition) is 7. The highest BCUT2D eigenvalue weighted by Gasteiger charge is 2.56. The molecule has 1 aliphatic carbocycles. The first-order valence-electron chi connectivity index (χ1n) is 8.19.